The minimum atomic E-state index is -0.440. The summed E-state index contributed by atoms with van der Waals surface area (Å²) in [4.78, 5) is 0. The zero-order valence-electron chi connectivity index (χ0n) is 11.7. The average molecular weight is 321 g/mol. The Morgan fingerprint density at radius 2 is 1.76 bits per heavy atom. The molecule has 0 bridgehead atoms. The molecule has 1 saturated carbocycles. The standard InChI is InChI=1S/C18H18Cl2O/c19-15-7-8-16(20)13(11-15)12-17(21)18(9-4-10-18)14-5-2-1-3-6-14/h1-3,5-8,11,17,21H,4,9-10,12H2. The summed E-state index contributed by atoms with van der Waals surface area (Å²) in [5.41, 5.74) is 2.01. The Bertz CT molecular complexity index is 620. The first-order chi connectivity index (χ1) is 10.1. The highest BCUT2D eigenvalue weighted by atomic mass is 35.5. The Balaban J connectivity index is 1.87. The molecule has 1 N–H and O–H groups in total. The Kier molecular flexibility index (Phi) is 4.26. The molecule has 1 fully saturated rings. The monoisotopic (exact) mass is 320 g/mol. The van der Waals surface area contributed by atoms with Crippen LogP contribution in [0.5, 0.6) is 0 Å². The van der Waals surface area contributed by atoms with Crippen molar-refractivity contribution in [2.24, 2.45) is 0 Å². The first-order valence-corrected chi connectivity index (χ1v) is 8.05. The van der Waals surface area contributed by atoms with Crippen LogP contribution >= 0.6 is 23.2 Å². The molecule has 1 aliphatic rings. The van der Waals surface area contributed by atoms with Crippen molar-refractivity contribution in [2.45, 2.75) is 37.2 Å². The molecule has 3 rings (SSSR count). The maximum Gasteiger partial charge on any atom is 0.0677 e. The highest BCUT2D eigenvalue weighted by Crippen LogP contribution is 2.47. The SMILES string of the molecule is OC(Cc1cc(Cl)ccc1Cl)C1(c2ccccc2)CCC1. The molecule has 1 atom stereocenters. The van der Waals surface area contributed by atoms with E-state index in [1.165, 1.54) is 5.56 Å². The minimum absolute atomic E-state index is 0.132. The van der Waals surface area contributed by atoms with Gasteiger partial charge in [0.05, 0.1) is 6.10 Å². The highest BCUT2D eigenvalue weighted by Gasteiger charge is 2.44. The van der Waals surface area contributed by atoms with E-state index in [1.54, 1.807) is 12.1 Å². The van der Waals surface area contributed by atoms with Gasteiger partial charge in [0, 0.05) is 21.9 Å². The van der Waals surface area contributed by atoms with Crippen molar-refractivity contribution in [1.82, 2.24) is 0 Å². The largest absolute Gasteiger partial charge is 0.392 e. The molecule has 0 aromatic heterocycles. The van der Waals surface area contributed by atoms with Gasteiger partial charge in [-0.15, -0.1) is 0 Å². The second-order valence-corrected chi connectivity index (χ2v) is 6.68. The van der Waals surface area contributed by atoms with Crippen LogP contribution in [0.1, 0.15) is 30.4 Å². The fourth-order valence-corrected chi connectivity index (χ4v) is 3.63. The molecule has 1 aliphatic carbocycles. The smallest absolute Gasteiger partial charge is 0.0677 e. The Morgan fingerprint density at radius 1 is 1.05 bits per heavy atom. The molecular formula is C18H18Cl2O. The quantitative estimate of drug-likeness (QED) is 0.838. The zero-order valence-corrected chi connectivity index (χ0v) is 13.2. The summed E-state index contributed by atoms with van der Waals surface area (Å²) in [5.74, 6) is 0. The minimum Gasteiger partial charge on any atom is -0.392 e. The van der Waals surface area contributed by atoms with Gasteiger partial charge < -0.3 is 5.11 Å². The van der Waals surface area contributed by atoms with Gasteiger partial charge in [0.25, 0.3) is 0 Å². The third kappa shape index (κ3) is 2.83. The van der Waals surface area contributed by atoms with Crippen molar-refractivity contribution in [3.8, 4) is 0 Å². The van der Waals surface area contributed by atoms with Crippen LogP contribution in [-0.2, 0) is 11.8 Å². The summed E-state index contributed by atoms with van der Waals surface area (Å²) in [6.07, 6.45) is 3.31. The van der Waals surface area contributed by atoms with Crippen molar-refractivity contribution >= 4 is 23.2 Å². The van der Waals surface area contributed by atoms with Crippen LogP contribution in [0, 0.1) is 0 Å². The number of aliphatic hydroxyl groups excluding tert-OH is 1. The van der Waals surface area contributed by atoms with E-state index in [4.69, 9.17) is 23.2 Å². The Labute approximate surface area is 135 Å². The lowest BCUT2D eigenvalue weighted by Gasteiger charge is -2.46. The van der Waals surface area contributed by atoms with E-state index < -0.39 is 6.10 Å². The van der Waals surface area contributed by atoms with Gasteiger partial charge in [0.2, 0.25) is 0 Å². The number of hydrogen-bond donors (Lipinski definition) is 1. The van der Waals surface area contributed by atoms with E-state index in [0.29, 0.717) is 16.5 Å². The topological polar surface area (TPSA) is 20.2 Å². The van der Waals surface area contributed by atoms with Crippen LogP contribution in [0.3, 0.4) is 0 Å². The maximum atomic E-state index is 10.8. The first kappa shape index (κ1) is 14.9. The lowest BCUT2D eigenvalue weighted by Crippen LogP contribution is -2.46. The van der Waals surface area contributed by atoms with E-state index in [9.17, 15) is 5.11 Å². The molecule has 0 saturated heterocycles. The van der Waals surface area contributed by atoms with Gasteiger partial charge in [0.1, 0.15) is 0 Å². The van der Waals surface area contributed by atoms with Crippen LogP contribution in [0.25, 0.3) is 0 Å². The second kappa shape index (κ2) is 6.00. The van der Waals surface area contributed by atoms with Crippen molar-refractivity contribution in [3.63, 3.8) is 0 Å². The summed E-state index contributed by atoms with van der Waals surface area (Å²) in [7, 11) is 0. The molecule has 0 radical (unpaired) electrons. The van der Waals surface area contributed by atoms with E-state index in [-0.39, 0.29) is 5.41 Å². The molecule has 1 nitrogen and oxygen atoms in total. The van der Waals surface area contributed by atoms with E-state index in [1.807, 2.05) is 24.3 Å². The molecule has 0 heterocycles. The molecule has 110 valence electrons. The number of aliphatic hydroxyl groups is 1. The normalized spacial score (nSPS) is 18.0. The van der Waals surface area contributed by atoms with E-state index in [2.05, 4.69) is 12.1 Å². The lowest BCUT2D eigenvalue weighted by molar-refractivity contribution is 0.0286. The Morgan fingerprint density at radius 3 is 2.38 bits per heavy atom. The van der Waals surface area contributed by atoms with Crippen LogP contribution in [0.2, 0.25) is 10.0 Å². The zero-order chi connectivity index (χ0) is 14.9. The summed E-state index contributed by atoms with van der Waals surface area (Å²) in [6.45, 7) is 0. The lowest BCUT2D eigenvalue weighted by atomic mass is 9.60. The van der Waals surface area contributed by atoms with Crippen molar-refractivity contribution < 1.29 is 5.11 Å². The number of halogens is 2. The van der Waals surface area contributed by atoms with E-state index >= 15 is 0 Å². The Hall–Kier alpha value is -1.02. The summed E-state index contributed by atoms with van der Waals surface area (Å²) in [5, 5.41) is 12.2. The molecule has 0 spiro atoms. The summed E-state index contributed by atoms with van der Waals surface area (Å²) in [6, 6.07) is 15.7. The van der Waals surface area contributed by atoms with Crippen molar-refractivity contribution in [2.75, 3.05) is 0 Å². The van der Waals surface area contributed by atoms with Crippen LogP contribution in [0.4, 0.5) is 0 Å². The third-order valence-electron chi connectivity index (χ3n) is 4.65. The highest BCUT2D eigenvalue weighted by molar-refractivity contribution is 6.33. The molecular weight excluding hydrogens is 303 g/mol. The predicted octanol–water partition coefficient (Wildman–Crippen LogP) is 5.02. The molecule has 2 aromatic carbocycles. The van der Waals surface area contributed by atoms with Gasteiger partial charge >= 0.3 is 0 Å². The predicted molar refractivity (Wildman–Crippen MR) is 88.1 cm³/mol. The van der Waals surface area contributed by atoms with Crippen LogP contribution in [-0.4, -0.2) is 11.2 Å². The third-order valence-corrected chi connectivity index (χ3v) is 5.26. The molecule has 0 amide bonds. The molecule has 1 unspecified atom stereocenters. The fourth-order valence-electron chi connectivity index (χ4n) is 3.25. The number of hydrogen-bond acceptors (Lipinski definition) is 1. The molecule has 2 aromatic rings. The van der Waals surface area contributed by atoms with Crippen LogP contribution < -0.4 is 0 Å². The number of benzene rings is 2. The van der Waals surface area contributed by atoms with Gasteiger partial charge in [0.15, 0.2) is 0 Å². The molecule has 0 aliphatic heterocycles. The van der Waals surface area contributed by atoms with Gasteiger partial charge in [-0.25, -0.2) is 0 Å². The maximum absolute atomic E-state index is 10.8. The fraction of sp³-hybridized carbons (Fsp3) is 0.333. The summed E-state index contributed by atoms with van der Waals surface area (Å²) < 4.78 is 0. The van der Waals surface area contributed by atoms with Gasteiger partial charge in [-0.2, -0.15) is 0 Å². The van der Waals surface area contributed by atoms with Gasteiger partial charge in [-0.1, -0.05) is 60.0 Å². The first-order valence-electron chi connectivity index (χ1n) is 7.29. The summed E-state index contributed by atoms with van der Waals surface area (Å²) >= 11 is 12.3. The van der Waals surface area contributed by atoms with Crippen LogP contribution in [0.15, 0.2) is 48.5 Å². The number of rotatable bonds is 4. The average Bonchev–Trinajstić information content (AvgIpc) is 2.43. The van der Waals surface area contributed by atoms with Crippen molar-refractivity contribution in [3.05, 3.63) is 69.7 Å². The molecule has 3 heteroatoms. The van der Waals surface area contributed by atoms with E-state index in [0.717, 1.165) is 24.8 Å². The van der Waals surface area contributed by atoms with Crippen molar-refractivity contribution in [1.29, 1.82) is 0 Å². The van der Waals surface area contributed by atoms with Gasteiger partial charge in [-0.3, -0.25) is 0 Å². The molecule has 21 heavy (non-hydrogen) atoms. The second-order valence-electron chi connectivity index (χ2n) is 5.83. The van der Waals surface area contributed by atoms with Gasteiger partial charge in [-0.05, 0) is 42.2 Å².